The number of phenols is 1. The van der Waals surface area contributed by atoms with Crippen LogP contribution in [-0.2, 0) is 0 Å². The average Bonchev–Trinajstić information content (AvgIpc) is 2.46. The summed E-state index contributed by atoms with van der Waals surface area (Å²) < 4.78 is 0. The van der Waals surface area contributed by atoms with E-state index in [0.717, 1.165) is 12.8 Å². The van der Waals surface area contributed by atoms with Crippen molar-refractivity contribution in [3.63, 3.8) is 0 Å². The predicted molar refractivity (Wildman–Crippen MR) is 86.8 cm³/mol. The molecule has 0 saturated heterocycles. The lowest BCUT2D eigenvalue weighted by Gasteiger charge is -2.21. The SMILES string of the molecule is C.CCC(CC(C)c1ccc(O)cc1)c1ccc([O-])cc1. The molecule has 114 valence electrons. The first-order chi connectivity index (χ1) is 9.60. The lowest BCUT2D eigenvalue weighted by molar-refractivity contribution is -0.268. The van der Waals surface area contributed by atoms with Crippen molar-refractivity contribution in [3.05, 3.63) is 59.7 Å². The maximum absolute atomic E-state index is 11.2. The molecule has 0 radical (unpaired) electrons. The molecule has 0 heterocycles. The third-order valence-electron chi connectivity index (χ3n) is 3.94. The lowest BCUT2D eigenvalue weighted by Crippen LogP contribution is -2.04. The molecular weight excluding hydrogens is 260 g/mol. The van der Waals surface area contributed by atoms with Gasteiger partial charge in [0.1, 0.15) is 5.75 Å². The summed E-state index contributed by atoms with van der Waals surface area (Å²) >= 11 is 0. The highest BCUT2D eigenvalue weighted by Gasteiger charge is 2.14. The second-order valence-corrected chi connectivity index (χ2v) is 5.40. The molecule has 2 unspecified atom stereocenters. The van der Waals surface area contributed by atoms with Crippen molar-refractivity contribution in [1.29, 1.82) is 0 Å². The molecule has 2 atom stereocenters. The molecule has 21 heavy (non-hydrogen) atoms. The van der Waals surface area contributed by atoms with Gasteiger partial charge in [0.2, 0.25) is 0 Å². The van der Waals surface area contributed by atoms with Crippen LogP contribution < -0.4 is 5.11 Å². The van der Waals surface area contributed by atoms with Crippen LogP contribution in [0.1, 0.15) is 57.1 Å². The standard InChI is InChI=1S/C18H22O2.CH4/c1-3-14(16-6-10-18(20)11-7-16)12-13(2)15-4-8-17(19)9-5-15;/h4-11,13-14,19-20H,3,12H2,1-2H3;1H4/p-1. The Labute approximate surface area is 128 Å². The van der Waals surface area contributed by atoms with E-state index < -0.39 is 0 Å². The molecule has 2 aromatic carbocycles. The minimum absolute atomic E-state index is 0. The maximum Gasteiger partial charge on any atom is 0.115 e. The van der Waals surface area contributed by atoms with Gasteiger partial charge in [-0.15, -0.1) is 5.75 Å². The van der Waals surface area contributed by atoms with Crippen molar-refractivity contribution in [2.24, 2.45) is 0 Å². The second kappa shape index (κ2) is 7.72. The number of hydrogen-bond acceptors (Lipinski definition) is 2. The highest BCUT2D eigenvalue weighted by atomic mass is 16.3. The molecule has 2 nitrogen and oxygen atoms in total. The smallest absolute Gasteiger partial charge is 0.115 e. The Morgan fingerprint density at radius 3 is 2.00 bits per heavy atom. The number of benzene rings is 2. The Kier molecular flexibility index (Phi) is 6.29. The van der Waals surface area contributed by atoms with Crippen LogP contribution in [0.25, 0.3) is 0 Å². The maximum atomic E-state index is 11.2. The van der Waals surface area contributed by atoms with Crippen LogP contribution in [0, 0.1) is 0 Å². The monoisotopic (exact) mass is 285 g/mol. The quantitative estimate of drug-likeness (QED) is 0.858. The van der Waals surface area contributed by atoms with E-state index in [1.165, 1.54) is 11.1 Å². The van der Waals surface area contributed by atoms with Crippen LogP contribution in [0.3, 0.4) is 0 Å². The minimum Gasteiger partial charge on any atom is -0.872 e. The number of phenolic OH excluding ortho intramolecular Hbond substituents is 1. The fourth-order valence-corrected chi connectivity index (χ4v) is 2.64. The minimum atomic E-state index is 0. The van der Waals surface area contributed by atoms with E-state index in [1.54, 1.807) is 24.3 Å². The first-order valence-corrected chi connectivity index (χ1v) is 7.16. The number of rotatable bonds is 5. The van der Waals surface area contributed by atoms with Crippen LogP contribution in [0.4, 0.5) is 0 Å². The molecule has 2 rings (SSSR count). The Hall–Kier alpha value is -1.96. The second-order valence-electron chi connectivity index (χ2n) is 5.40. The molecule has 0 spiro atoms. The summed E-state index contributed by atoms with van der Waals surface area (Å²) in [5, 5.41) is 20.5. The first-order valence-electron chi connectivity index (χ1n) is 7.16. The first kappa shape index (κ1) is 17.1. The summed E-state index contributed by atoms with van der Waals surface area (Å²) in [6.07, 6.45) is 2.10. The summed E-state index contributed by atoms with van der Waals surface area (Å²) in [5.41, 5.74) is 2.47. The van der Waals surface area contributed by atoms with Gasteiger partial charge >= 0.3 is 0 Å². The van der Waals surface area contributed by atoms with Gasteiger partial charge in [-0.2, -0.15) is 0 Å². The van der Waals surface area contributed by atoms with E-state index >= 15 is 0 Å². The van der Waals surface area contributed by atoms with Gasteiger partial charge in [0.05, 0.1) is 0 Å². The van der Waals surface area contributed by atoms with Crippen LogP contribution in [-0.4, -0.2) is 5.11 Å². The molecule has 0 bridgehead atoms. The highest BCUT2D eigenvalue weighted by Crippen LogP contribution is 2.32. The zero-order valence-corrected chi connectivity index (χ0v) is 12.0. The zero-order valence-electron chi connectivity index (χ0n) is 12.0. The van der Waals surface area contributed by atoms with E-state index in [9.17, 15) is 10.2 Å². The summed E-state index contributed by atoms with van der Waals surface area (Å²) in [4.78, 5) is 0. The van der Waals surface area contributed by atoms with E-state index in [-0.39, 0.29) is 13.2 Å². The third-order valence-corrected chi connectivity index (χ3v) is 3.94. The van der Waals surface area contributed by atoms with Gasteiger partial charge in [0.15, 0.2) is 0 Å². The Balaban J connectivity index is 0.00000220. The van der Waals surface area contributed by atoms with Crippen molar-refractivity contribution in [1.82, 2.24) is 0 Å². The average molecular weight is 285 g/mol. The Bertz CT molecular complexity index is 528. The molecule has 0 aliphatic heterocycles. The van der Waals surface area contributed by atoms with Crippen molar-refractivity contribution in [3.8, 4) is 11.5 Å². The van der Waals surface area contributed by atoms with Crippen molar-refractivity contribution < 1.29 is 10.2 Å². The van der Waals surface area contributed by atoms with E-state index in [2.05, 4.69) is 13.8 Å². The largest absolute Gasteiger partial charge is 0.872 e. The van der Waals surface area contributed by atoms with Crippen LogP contribution in [0.15, 0.2) is 48.5 Å². The summed E-state index contributed by atoms with van der Waals surface area (Å²) in [7, 11) is 0. The summed E-state index contributed by atoms with van der Waals surface area (Å²) in [5.74, 6) is 1.25. The highest BCUT2D eigenvalue weighted by molar-refractivity contribution is 5.30. The zero-order chi connectivity index (χ0) is 14.5. The molecule has 0 amide bonds. The predicted octanol–water partition coefficient (Wildman–Crippen LogP) is 4.79. The van der Waals surface area contributed by atoms with Crippen molar-refractivity contribution in [2.75, 3.05) is 0 Å². The normalized spacial score (nSPS) is 13.2. The molecular formula is C19H25O2-. The molecule has 0 saturated carbocycles. The van der Waals surface area contributed by atoms with Gasteiger partial charge in [-0.05, 0) is 47.9 Å². The third kappa shape index (κ3) is 4.52. The Morgan fingerprint density at radius 1 is 0.952 bits per heavy atom. The van der Waals surface area contributed by atoms with Gasteiger partial charge < -0.3 is 10.2 Å². The van der Waals surface area contributed by atoms with E-state index in [0.29, 0.717) is 17.6 Å². The molecule has 0 aromatic heterocycles. The topological polar surface area (TPSA) is 43.3 Å². The summed E-state index contributed by atoms with van der Waals surface area (Å²) in [6.45, 7) is 4.39. The lowest BCUT2D eigenvalue weighted by atomic mass is 9.84. The Morgan fingerprint density at radius 2 is 1.48 bits per heavy atom. The molecule has 0 aliphatic carbocycles. The van der Waals surface area contributed by atoms with Crippen LogP contribution >= 0.6 is 0 Å². The van der Waals surface area contributed by atoms with Gasteiger partial charge in [-0.3, -0.25) is 0 Å². The molecule has 0 fully saturated rings. The molecule has 2 heteroatoms. The van der Waals surface area contributed by atoms with Gasteiger partial charge in [-0.25, -0.2) is 0 Å². The molecule has 2 aromatic rings. The molecule has 1 N–H and O–H groups in total. The van der Waals surface area contributed by atoms with Gasteiger partial charge in [0, 0.05) is 0 Å². The number of hydrogen-bond donors (Lipinski definition) is 1. The number of aromatic hydroxyl groups is 1. The van der Waals surface area contributed by atoms with Crippen molar-refractivity contribution >= 4 is 0 Å². The van der Waals surface area contributed by atoms with Gasteiger partial charge in [-0.1, -0.05) is 57.7 Å². The fraction of sp³-hybridized carbons (Fsp3) is 0.368. The van der Waals surface area contributed by atoms with Crippen molar-refractivity contribution in [2.45, 2.75) is 46.0 Å². The van der Waals surface area contributed by atoms with Crippen LogP contribution in [0.2, 0.25) is 0 Å². The van der Waals surface area contributed by atoms with Crippen LogP contribution in [0.5, 0.6) is 11.5 Å². The molecule has 0 aliphatic rings. The van der Waals surface area contributed by atoms with Gasteiger partial charge in [0.25, 0.3) is 0 Å². The summed E-state index contributed by atoms with van der Waals surface area (Å²) in [6, 6.07) is 14.6. The van der Waals surface area contributed by atoms with E-state index in [1.807, 2.05) is 24.3 Å². The fourth-order valence-electron chi connectivity index (χ4n) is 2.64. The van der Waals surface area contributed by atoms with E-state index in [4.69, 9.17) is 0 Å².